The number of likely N-dealkylation sites (N-methyl/N-ethyl adjacent to an activating group) is 1. The largest absolute Gasteiger partial charge is 0.353 e. The fourth-order valence-corrected chi connectivity index (χ4v) is 2.44. The van der Waals surface area contributed by atoms with E-state index in [0.717, 1.165) is 11.1 Å². The first-order valence-electron chi connectivity index (χ1n) is 8.05. The van der Waals surface area contributed by atoms with Crippen LogP contribution in [0.1, 0.15) is 11.1 Å². The van der Waals surface area contributed by atoms with Crippen LogP contribution in [0.2, 0.25) is 0 Å². The zero-order valence-electron chi connectivity index (χ0n) is 13.9. The Morgan fingerprint density at radius 3 is 2.46 bits per heavy atom. The Morgan fingerprint density at radius 2 is 1.79 bits per heavy atom. The van der Waals surface area contributed by atoms with Gasteiger partial charge in [-0.1, -0.05) is 42.5 Å². The van der Waals surface area contributed by atoms with E-state index < -0.39 is 6.04 Å². The lowest BCUT2D eigenvalue weighted by molar-refractivity contribution is -0.122. The topological polar surface area (TPSA) is 58.4 Å². The third kappa shape index (κ3) is 6.10. The van der Waals surface area contributed by atoms with Crippen LogP contribution in [0.25, 0.3) is 0 Å². The monoisotopic (exact) mass is 329 g/mol. The summed E-state index contributed by atoms with van der Waals surface area (Å²) in [4.78, 5) is 14.1. The number of carbonyl (C=O) groups excluding carboxylic acids is 1. The Balaban J connectivity index is 1.68. The van der Waals surface area contributed by atoms with Gasteiger partial charge in [0.05, 0.1) is 6.04 Å². The number of nitrogens with two attached hydrogens (primary N) is 1. The van der Waals surface area contributed by atoms with Gasteiger partial charge in [-0.05, 0) is 36.7 Å². The van der Waals surface area contributed by atoms with Crippen molar-refractivity contribution in [2.75, 3.05) is 20.1 Å². The molecule has 1 atom stereocenters. The molecule has 2 aromatic carbocycles. The van der Waals surface area contributed by atoms with Crippen molar-refractivity contribution in [3.63, 3.8) is 0 Å². The van der Waals surface area contributed by atoms with Gasteiger partial charge in [0.2, 0.25) is 5.91 Å². The molecule has 0 aliphatic rings. The van der Waals surface area contributed by atoms with Crippen LogP contribution in [0.15, 0.2) is 54.6 Å². The molecule has 0 saturated heterocycles. The van der Waals surface area contributed by atoms with Crippen molar-refractivity contribution in [1.29, 1.82) is 0 Å². The van der Waals surface area contributed by atoms with Gasteiger partial charge in [-0.15, -0.1) is 0 Å². The molecule has 0 radical (unpaired) electrons. The number of hydrogen-bond donors (Lipinski definition) is 2. The Labute approximate surface area is 142 Å². The molecule has 0 aromatic heterocycles. The summed E-state index contributed by atoms with van der Waals surface area (Å²) in [7, 11) is 1.96. The van der Waals surface area contributed by atoms with Crippen molar-refractivity contribution in [3.8, 4) is 0 Å². The number of hydrogen-bond acceptors (Lipinski definition) is 3. The molecule has 0 bridgehead atoms. The molecule has 2 rings (SSSR count). The van der Waals surface area contributed by atoms with Crippen molar-refractivity contribution >= 4 is 5.91 Å². The Morgan fingerprint density at radius 1 is 1.12 bits per heavy atom. The summed E-state index contributed by atoms with van der Waals surface area (Å²) in [5.74, 6) is -0.380. The molecular formula is C19H24FN3O. The van der Waals surface area contributed by atoms with E-state index in [1.807, 2.05) is 37.4 Å². The van der Waals surface area contributed by atoms with Crippen LogP contribution in [-0.2, 0) is 17.8 Å². The third-order valence-electron chi connectivity index (χ3n) is 3.79. The summed E-state index contributed by atoms with van der Waals surface area (Å²) in [6.45, 7) is 1.92. The predicted molar refractivity (Wildman–Crippen MR) is 93.9 cm³/mol. The molecule has 0 heterocycles. The Kier molecular flexibility index (Phi) is 6.90. The summed E-state index contributed by atoms with van der Waals surface area (Å²) in [6.07, 6.45) is 0.526. The van der Waals surface area contributed by atoms with E-state index in [1.165, 1.54) is 12.1 Å². The van der Waals surface area contributed by atoms with Crippen LogP contribution in [-0.4, -0.2) is 37.0 Å². The maximum absolute atomic E-state index is 12.9. The minimum Gasteiger partial charge on any atom is -0.353 e. The van der Waals surface area contributed by atoms with Crippen LogP contribution < -0.4 is 11.1 Å². The van der Waals surface area contributed by atoms with Crippen molar-refractivity contribution in [3.05, 3.63) is 71.5 Å². The highest BCUT2D eigenvalue weighted by atomic mass is 19.1. The quantitative estimate of drug-likeness (QED) is 0.778. The number of nitrogens with zero attached hydrogens (tertiary/aromatic N) is 1. The third-order valence-corrected chi connectivity index (χ3v) is 3.79. The number of rotatable bonds is 8. The fraction of sp³-hybridized carbons (Fsp3) is 0.316. The average Bonchev–Trinajstić information content (AvgIpc) is 2.57. The normalized spacial score (nSPS) is 12.2. The molecule has 0 saturated carbocycles. The number of amides is 1. The van der Waals surface area contributed by atoms with Gasteiger partial charge in [0.25, 0.3) is 0 Å². The van der Waals surface area contributed by atoms with Crippen molar-refractivity contribution in [2.45, 2.75) is 19.0 Å². The highest BCUT2D eigenvalue weighted by molar-refractivity contribution is 5.81. The molecule has 0 aliphatic carbocycles. The number of halogens is 1. The highest BCUT2D eigenvalue weighted by Crippen LogP contribution is 2.05. The lowest BCUT2D eigenvalue weighted by Gasteiger charge is -2.18. The van der Waals surface area contributed by atoms with Gasteiger partial charge >= 0.3 is 0 Å². The SMILES string of the molecule is CN(CCNC(=O)C(N)Cc1ccccc1)Cc1ccc(F)cc1. The zero-order valence-corrected chi connectivity index (χ0v) is 13.9. The van der Waals surface area contributed by atoms with Crippen LogP contribution >= 0.6 is 0 Å². The summed E-state index contributed by atoms with van der Waals surface area (Å²) >= 11 is 0. The van der Waals surface area contributed by atoms with Gasteiger partial charge in [0.1, 0.15) is 5.82 Å². The van der Waals surface area contributed by atoms with Gasteiger partial charge in [-0.25, -0.2) is 4.39 Å². The number of benzene rings is 2. The van der Waals surface area contributed by atoms with Crippen molar-refractivity contribution < 1.29 is 9.18 Å². The molecular weight excluding hydrogens is 305 g/mol. The molecule has 1 unspecified atom stereocenters. The van der Waals surface area contributed by atoms with E-state index in [2.05, 4.69) is 10.2 Å². The summed E-state index contributed by atoms with van der Waals surface area (Å²) in [5.41, 5.74) is 8.03. The van der Waals surface area contributed by atoms with Crippen LogP contribution in [0.5, 0.6) is 0 Å². The first-order valence-corrected chi connectivity index (χ1v) is 8.05. The first kappa shape index (κ1) is 18.1. The molecule has 0 aliphatic heterocycles. The molecule has 2 aromatic rings. The van der Waals surface area contributed by atoms with E-state index in [-0.39, 0.29) is 11.7 Å². The summed E-state index contributed by atoms with van der Waals surface area (Å²) in [6, 6.07) is 15.6. The van der Waals surface area contributed by atoms with Crippen molar-refractivity contribution in [2.24, 2.45) is 5.73 Å². The van der Waals surface area contributed by atoms with Gasteiger partial charge in [0, 0.05) is 19.6 Å². The molecule has 0 fully saturated rings. The smallest absolute Gasteiger partial charge is 0.237 e. The maximum atomic E-state index is 12.9. The average molecular weight is 329 g/mol. The summed E-state index contributed by atoms with van der Waals surface area (Å²) < 4.78 is 12.9. The second-order valence-electron chi connectivity index (χ2n) is 5.95. The van der Waals surface area contributed by atoms with Gasteiger partial charge < -0.3 is 16.0 Å². The lowest BCUT2D eigenvalue weighted by atomic mass is 10.1. The number of nitrogens with one attached hydrogen (secondary N) is 1. The standard InChI is InChI=1S/C19H24FN3O/c1-23(14-16-7-9-17(20)10-8-16)12-11-22-19(24)18(21)13-15-5-3-2-4-6-15/h2-10,18H,11-14,21H2,1H3,(H,22,24). The van der Waals surface area contributed by atoms with Crippen LogP contribution in [0, 0.1) is 5.82 Å². The van der Waals surface area contributed by atoms with E-state index >= 15 is 0 Å². The lowest BCUT2D eigenvalue weighted by Crippen LogP contribution is -2.44. The van der Waals surface area contributed by atoms with E-state index in [1.54, 1.807) is 12.1 Å². The Bertz CT molecular complexity index is 631. The molecule has 24 heavy (non-hydrogen) atoms. The second kappa shape index (κ2) is 9.15. The van der Waals surface area contributed by atoms with Gasteiger partial charge in [-0.2, -0.15) is 0 Å². The highest BCUT2D eigenvalue weighted by Gasteiger charge is 2.13. The molecule has 1 amide bonds. The number of carbonyl (C=O) groups is 1. The van der Waals surface area contributed by atoms with E-state index in [4.69, 9.17) is 5.73 Å². The summed E-state index contributed by atoms with van der Waals surface area (Å²) in [5, 5.41) is 2.86. The molecule has 5 heteroatoms. The van der Waals surface area contributed by atoms with Crippen LogP contribution in [0.3, 0.4) is 0 Å². The Hall–Kier alpha value is -2.24. The molecule has 0 spiro atoms. The fourth-order valence-electron chi connectivity index (χ4n) is 2.44. The minimum atomic E-state index is -0.546. The van der Waals surface area contributed by atoms with Crippen LogP contribution in [0.4, 0.5) is 4.39 Å². The zero-order chi connectivity index (χ0) is 17.4. The van der Waals surface area contributed by atoms with Crippen molar-refractivity contribution in [1.82, 2.24) is 10.2 Å². The molecule has 3 N–H and O–H groups in total. The molecule has 4 nitrogen and oxygen atoms in total. The minimum absolute atomic E-state index is 0.144. The van der Waals surface area contributed by atoms with Gasteiger partial charge in [0.15, 0.2) is 0 Å². The predicted octanol–water partition coefficient (Wildman–Crippen LogP) is 1.94. The second-order valence-corrected chi connectivity index (χ2v) is 5.95. The van der Waals surface area contributed by atoms with E-state index in [0.29, 0.717) is 26.1 Å². The molecule has 128 valence electrons. The maximum Gasteiger partial charge on any atom is 0.237 e. The first-order chi connectivity index (χ1) is 11.5. The van der Waals surface area contributed by atoms with E-state index in [9.17, 15) is 9.18 Å². The van der Waals surface area contributed by atoms with Gasteiger partial charge in [-0.3, -0.25) is 4.79 Å².